The number of hydrogen-bond acceptors (Lipinski definition) is 4. The van der Waals surface area contributed by atoms with Gasteiger partial charge in [0, 0.05) is 39.7 Å². The first-order chi connectivity index (χ1) is 12.7. The van der Waals surface area contributed by atoms with Crippen LogP contribution in [0, 0.1) is 0 Å². The molecule has 5 heteroatoms. The topological polar surface area (TPSA) is 58.0 Å². The highest BCUT2D eigenvalue weighted by Crippen LogP contribution is 2.36. The largest absolute Gasteiger partial charge is 0.505 e. The third-order valence-electron chi connectivity index (χ3n) is 4.28. The molecule has 0 fully saturated rings. The minimum absolute atomic E-state index is 0.192. The first kappa shape index (κ1) is 16.5. The average Bonchev–Trinajstić information content (AvgIpc) is 2.69. The number of nitrogens with zero attached hydrogens (tertiary/aromatic N) is 2. The summed E-state index contributed by atoms with van der Waals surface area (Å²) in [4.78, 5) is 8.41. The van der Waals surface area contributed by atoms with Crippen molar-refractivity contribution in [3.05, 3.63) is 94.9 Å². The third-order valence-corrected chi connectivity index (χ3v) is 4.81. The van der Waals surface area contributed by atoms with Crippen LogP contribution in [0.25, 0.3) is 10.9 Å². The molecule has 0 aliphatic rings. The van der Waals surface area contributed by atoms with Gasteiger partial charge < -0.3 is 10.4 Å². The zero-order valence-electron chi connectivity index (χ0n) is 13.8. The van der Waals surface area contributed by atoms with Crippen molar-refractivity contribution >= 4 is 32.5 Å². The van der Waals surface area contributed by atoms with Crippen molar-refractivity contribution in [1.82, 2.24) is 9.97 Å². The van der Waals surface area contributed by atoms with Gasteiger partial charge in [-0.3, -0.25) is 9.97 Å². The average molecular weight is 406 g/mol. The quantitative estimate of drug-likeness (QED) is 0.483. The van der Waals surface area contributed by atoms with E-state index in [4.69, 9.17) is 0 Å². The molecule has 0 saturated heterocycles. The molecule has 2 heterocycles. The molecule has 1 unspecified atom stereocenters. The summed E-state index contributed by atoms with van der Waals surface area (Å²) in [6.07, 6.45) is 5.17. The van der Waals surface area contributed by atoms with E-state index in [2.05, 4.69) is 31.2 Å². The van der Waals surface area contributed by atoms with Gasteiger partial charge >= 0.3 is 0 Å². The maximum atomic E-state index is 10.9. The Morgan fingerprint density at radius 2 is 1.65 bits per heavy atom. The zero-order chi connectivity index (χ0) is 17.9. The molecule has 2 N–H and O–H groups in total. The van der Waals surface area contributed by atoms with Gasteiger partial charge in [0.2, 0.25) is 0 Å². The fraction of sp³-hybridized carbons (Fsp3) is 0.0476. The Bertz CT molecular complexity index is 1040. The molecule has 4 nitrogen and oxygen atoms in total. The van der Waals surface area contributed by atoms with E-state index in [0.29, 0.717) is 5.52 Å². The molecule has 4 rings (SSSR count). The number of hydrogen-bond donors (Lipinski definition) is 2. The minimum Gasteiger partial charge on any atom is -0.505 e. The molecule has 4 aromatic rings. The van der Waals surface area contributed by atoms with Crippen LogP contribution in [-0.2, 0) is 0 Å². The molecule has 0 saturated carbocycles. The highest BCUT2D eigenvalue weighted by Gasteiger charge is 2.20. The van der Waals surface area contributed by atoms with E-state index in [1.165, 1.54) is 0 Å². The maximum absolute atomic E-state index is 10.9. The standard InChI is InChI=1S/C21H16BrN3O/c22-16-6-3-15(4-7-16)19(25-17-9-12-23-13-10-17)18-8-5-14-2-1-11-24-20(14)21(18)26/h1-13,19,26H,(H,23,25). The summed E-state index contributed by atoms with van der Waals surface area (Å²) >= 11 is 3.48. The van der Waals surface area contributed by atoms with E-state index < -0.39 is 0 Å². The van der Waals surface area contributed by atoms with Crippen LogP contribution in [0.5, 0.6) is 5.75 Å². The van der Waals surface area contributed by atoms with Crippen LogP contribution in [0.2, 0.25) is 0 Å². The lowest BCUT2D eigenvalue weighted by molar-refractivity contribution is 0.472. The number of fused-ring (bicyclic) bond motifs is 1. The Kier molecular flexibility index (Phi) is 4.54. The molecular weight excluding hydrogens is 390 g/mol. The number of benzene rings is 2. The Balaban J connectivity index is 1.84. The number of phenolic OH excluding ortho intramolecular Hbond substituents is 1. The van der Waals surface area contributed by atoms with Gasteiger partial charge in [0.25, 0.3) is 0 Å². The Morgan fingerprint density at radius 3 is 2.42 bits per heavy atom. The number of aromatic hydroxyl groups is 1. The normalized spacial score (nSPS) is 12.0. The predicted molar refractivity (Wildman–Crippen MR) is 107 cm³/mol. The number of rotatable bonds is 4. The monoisotopic (exact) mass is 405 g/mol. The summed E-state index contributed by atoms with van der Waals surface area (Å²) in [5.74, 6) is 0.192. The smallest absolute Gasteiger partial charge is 0.147 e. The summed E-state index contributed by atoms with van der Waals surface area (Å²) in [5, 5.41) is 15.3. The highest BCUT2D eigenvalue weighted by atomic mass is 79.9. The van der Waals surface area contributed by atoms with Gasteiger partial charge in [0.1, 0.15) is 11.3 Å². The van der Waals surface area contributed by atoms with Crippen molar-refractivity contribution in [3.63, 3.8) is 0 Å². The van der Waals surface area contributed by atoms with E-state index in [1.807, 2.05) is 60.7 Å². The van der Waals surface area contributed by atoms with Crippen molar-refractivity contribution in [2.45, 2.75) is 6.04 Å². The van der Waals surface area contributed by atoms with E-state index in [9.17, 15) is 5.11 Å². The highest BCUT2D eigenvalue weighted by molar-refractivity contribution is 9.10. The van der Waals surface area contributed by atoms with Crippen molar-refractivity contribution in [2.75, 3.05) is 5.32 Å². The lowest BCUT2D eigenvalue weighted by Gasteiger charge is -2.22. The molecule has 0 bridgehead atoms. The zero-order valence-corrected chi connectivity index (χ0v) is 15.4. The van der Waals surface area contributed by atoms with Crippen LogP contribution in [0.15, 0.2) is 83.7 Å². The first-order valence-corrected chi connectivity index (χ1v) is 9.00. The molecule has 0 aliphatic carbocycles. The number of pyridine rings is 2. The first-order valence-electron chi connectivity index (χ1n) is 8.21. The SMILES string of the molecule is Oc1c(C(Nc2ccncc2)c2ccc(Br)cc2)ccc2cccnc12. The summed E-state index contributed by atoms with van der Waals surface area (Å²) < 4.78 is 1.01. The maximum Gasteiger partial charge on any atom is 0.147 e. The summed E-state index contributed by atoms with van der Waals surface area (Å²) in [7, 11) is 0. The van der Waals surface area contributed by atoms with Crippen LogP contribution in [0.3, 0.4) is 0 Å². The summed E-state index contributed by atoms with van der Waals surface area (Å²) in [6, 6.07) is 19.4. The Labute approximate surface area is 159 Å². The van der Waals surface area contributed by atoms with Gasteiger partial charge in [-0.1, -0.05) is 46.3 Å². The number of nitrogens with one attached hydrogen (secondary N) is 1. The van der Waals surface area contributed by atoms with Crippen LogP contribution in [0.1, 0.15) is 17.2 Å². The second-order valence-corrected chi connectivity index (χ2v) is 6.86. The number of halogens is 1. The summed E-state index contributed by atoms with van der Waals surface area (Å²) in [5.41, 5.74) is 3.34. The van der Waals surface area contributed by atoms with E-state index in [0.717, 1.165) is 26.7 Å². The van der Waals surface area contributed by atoms with Gasteiger partial charge in [0.05, 0.1) is 6.04 Å². The molecule has 0 amide bonds. The Hall–Kier alpha value is -2.92. The lowest BCUT2D eigenvalue weighted by atomic mass is 9.96. The number of anilines is 1. The fourth-order valence-electron chi connectivity index (χ4n) is 2.99. The van der Waals surface area contributed by atoms with E-state index in [-0.39, 0.29) is 11.8 Å². The molecule has 0 radical (unpaired) electrons. The molecule has 0 aliphatic heterocycles. The van der Waals surface area contributed by atoms with Crippen molar-refractivity contribution in [1.29, 1.82) is 0 Å². The van der Waals surface area contributed by atoms with Gasteiger partial charge in [-0.15, -0.1) is 0 Å². The second kappa shape index (κ2) is 7.14. The minimum atomic E-state index is -0.225. The molecule has 128 valence electrons. The fourth-order valence-corrected chi connectivity index (χ4v) is 3.25. The lowest BCUT2D eigenvalue weighted by Crippen LogP contribution is -2.13. The van der Waals surface area contributed by atoms with Crippen molar-refractivity contribution in [2.24, 2.45) is 0 Å². The third kappa shape index (κ3) is 3.26. The molecule has 1 atom stereocenters. The Morgan fingerprint density at radius 1 is 0.885 bits per heavy atom. The predicted octanol–water partition coefficient (Wildman–Crippen LogP) is 5.30. The van der Waals surface area contributed by atoms with Crippen LogP contribution in [0.4, 0.5) is 5.69 Å². The van der Waals surface area contributed by atoms with Crippen LogP contribution < -0.4 is 5.32 Å². The number of aromatic nitrogens is 2. The van der Waals surface area contributed by atoms with Crippen LogP contribution >= 0.6 is 15.9 Å². The molecule has 2 aromatic heterocycles. The van der Waals surface area contributed by atoms with Gasteiger partial charge in [0.15, 0.2) is 0 Å². The van der Waals surface area contributed by atoms with E-state index >= 15 is 0 Å². The van der Waals surface area contributed by atoms with E-state index in [1.54, 1.807) is 18.6 Å². The molecule has 2 aromatic carbocycles. The summed E-state index contributed by atoms with van der Waals surface area (Å²) in [6.45, 7) is 0. The molecule has 0 spiro atoms. The van der Waals surface area contributed by atoms with Crippen LogP contribution in [-0.4, -0.2) is 15.1 Å². The molecular formula is C21H16BrN3O. The second-order valence-electron chi connectivity index (χ2n) is 5.94. The van der Waals surface area contributed by atoms with Gasteiger partial charge in [-0.25, -0.2) is 0 Å². The van der Waals surface area contributed by atoms with Crippen molar-refractivity contribution < 1.29 is 5.11 Å². The van der Waals surface area contributed by atoms with Crippen molar-refractivity contribution in [3.8, 4) is 5.75 Å². The van der Waals surface area contributed by atoms with Gasteiger partial charge in [-0.05, 0) is 35.9 Å². The molecule has 26 heavy (non-hydrogen) atoms. The van der Waals surface area contributed by atoms with Gasteiger partial charge in [-0.2, -0.15) is 0 Å². The number of phenols is 1.